The molecule has 1 saturated heterocycles. The number of nitrogens with two attached hydrogens (primary N) is 1. The molecular weight excluding hydrogens is 230 g/mol. The van der Waals surface area contributed by atoms with Gasteiger partial charge in [-0.2, -0.15) is 0 Å². The molecular formula is C13H19N3O2. The maximum atomic E-state index is 11.1. The maximum Gasteiger partial charge on any atom is 0.292 e. The number of aryl methyl sites for hydroxylation is 1. The van der Waals surface area contributed by atoms with Crippen LogP contribution in [0.5, 0.6) is 0 Å². The molecule has 0 aliphatic carbocycles. The van der Waals surface area contributed by atoms with Crippen molar-refractivity contribution >= 4 is 11.4 Å². The van der Waals surface area contributed by atoms with Gasteiger partial charge in [-0.25, -0.2) is 0 Å². The van der Waals surface area contributed by atoms with Crippen molar-refractivity contribution in [2.75, 3.05) is 18.0 Å². The molecule has 1 aliphatic rings. The fourth-order valence-electron chi connectivity index (χ4n) is 2.58. The number of rotatable bonds is 3. The number of nitrogens with zero attached hydrogens (tertiary/aromatic N) is 2. The summed E-state index contributed by atoms with van der Waals surface area (Å²) in [6.45, 7) is 3.35. The summed E-state index contributed by atoms with van der Waals surface area (Å²) in [5, 5.41) is 11.1. The van der Waals surface area contributed by atoms with Gasteiger partial charge in [0.25, 0.3) is 5.69 Å². The molecule has 1 aromatic carbocycles. The van der Waals surface area contributed by atoms with Crippen LogP contribution in [-0.2, 0) is 0 Å². The van der Waals surface area contributed by atoms with Crippen molar-refractivity contribution in [2.24, 2.45) is 5.73 Å². The summed E-state index contributed by atoms with van der Waals surface area (Å²) >= 11 is 0. The van der Waals surface area contributed by atoms with E-state index in [1.54, 1.807) is 12.1 Å². The number of piperidine rings is 1. The molecule has 1 aliphatic heterocycles. The first-order valence-corrected chi connectivity index (χ1v) is 6.35. The van der Waals surface area contributed by atoms with Gasteiger partial charge in [-0.15, -0.1) is 0 Å². The van der Waals surface area contributed by atoms with E-state index < -0.39 is 0 Å². The van der Waals surface area contributed by atoms with Gasteiger partial charge in [0, 0.05) is 25.2 Å². The molecule has 98 valence electrons. The number of benzene rings is 1. The predicted octanol–water partition coefficient (Wildman–Crippen LogP) is 2.22. The molecule has 0 saturated carbocycles. The Hall–Kier alpha value is -1.62. The Labute approximate surface area is 107 Å². The summed E-state index contributed by atoms with van der Waals surface area (Å²) in [5.74, 6) is 0. The topological polar surface area (TPSA) is 72.4 Å². The quantitative estimate of drug-likeness (QED) is 0.658. The summed E-state index contributed by atoms with van der Waals surface area (Å²) in [7, 11) is 0. The van der Waals surface area contributed by atoms with Crippen LogP contribution in [0.2, 0.25) is 0 Å². The van der Waals surface area contributed by atoms with Crippen LogP contribution in [0, 0.1) is 17.0 Å². The lowest BCUT2D eigenvalue weighted by Gasteiger charge is -2.36. The lowest BCUT2D eigenvalue weighted by molar-refractivity contribution is -0.384. The summed E-state index contributed by atoms with van der Waals surface area (Å²) in [5.41, 5.74) is 7.72. The molecule has 0 bridgehead atoms. The summed E-state index contributed by atoms with van der Waals surface area (Å²) < 4.78 is 0. The van der Waals surface area contributed by atoms with Crippen LogP contribution in [0.3, 0.4) is 0 Å². The lowest BCUT2D eigenvalue weighted by atomic mass is 10.0. The standard InChI is InChI=1S/C13H19N3O2/c1-10-5-6-12(16(17)18)13(8-10)15-7-3-2-4-11(15)9-14/h5-6,8,11H,2-4,7,9,14H2,1H3. The third-order valence-electron chi connectivity index (χ3n) is 3.54. The van der Waals surface area contributed by atoms with Crippen LogP contribution in [0.4, 0.5) is 11.4 Å². The highest BCUT2D eigenvalue weighted by atomic mass is 16.6. The van der Waals surface area contributed by atoms with Crippen molar-refractivity contribution in [1.29, 1.82) is 0 Å². The van der Waals surface area contributed by atoms with Crippen molar-refractivity contribution < 1.29 is 4.92 Å². The zero-order valence-electron chi connectivity index (χ0n) is 10.6. The Kier molecular flexibility index (Phi) is 3.81. The zero-order chi connectivity index (χ0) is 13.1. The van der Waals surface area contributed by atoms with E-state index in [0.29, 0.717) is 6.54 Å². The van der Waals surface area contributed by atoms with E-state index in [0.717, 1.165) is 37.1 Å². The van der Waals surface area contributed by atoms with Crippen molar-refractivity contribution in [3.05, 3.63) is 33.9 Å². The van der Waals surface area contributed by atoms with Crippen LogP contribution in [0.1, 0.15) is 24.8 Å². The number of nitro benzene ring substituents is 1. The molecule has 1 aromatic rings. The molecule has 0 amide bonds. The fourth-order valence-corrected chi connectivity index (χ4v) is 2.58. The first-order valence-electron chi connectivity index (χ1n) is 6.35. The van der Waals surface area contributed by atoms with Gasteiger partial charge in [0.2, 0.25) is 0 Å². The van der Waals surface area contributed by atoms with Gasteiger partial charge < -0.3 is 10.6 Å². The highest BCUT2D eigenvalue weighted by Gasteiger charge is 2.27. The fraction of sp³-hybridized carbons (Fsp3) is 0.538. The van der Waals surface area contributed by atoms with E-state index in [-0.39, 0.29) is 16.7 Å². The van der Waals surface area contributed by atoms with E-state index in [9.17, 15) is 10.1 Å². The van der Waals surface area contributed by atoms with Crippen molar-refractivity contribution in [3.8, 4) is 0 Å². The van der Waals surface area contributed by atoms with Crippen molar-refractivity contribution in [2.45, 2.75) is 32.2 Å². The predicted molar refractivity (Wildman–Crippen MR) is 71.9 cm³/mol. The summed E-state index contributed by atoms with van der Waals surface area (Å²) in [4.78, 5) is 12.9. The number of anilines is 1. The normalized spacial score (nSPS) is 19.9. The number of hydrogen-bond acceptors (Lipinski definition) is 4. The first kappa shape index (κ1) is 12.8. The van der Waals surface area contributed by atoms with E-state index in [2.05, 4.69) is 4.90 Å². The Morgan fingerprint density at radius 2 is 2.28 bits per heavy atom. The molecule has 1 fully saturated rings. The van der Waals surface area contributed by atoms with Crippen LogP contribution in [0.25, 0.3) is 0 Å². The van der Waals surface area contributed by atoms with Gasteiger partial charge in [-0.1, -0.05) is 6.07 Å². The second-order valence-corrected chi connectivity index (χ2v) is 4.83. The summed E-state index contributed by atoms with van der Waals surface area (Å²) in [6, 6.07) is 5.49. The third-order valence-corrected chi connectivity index (χ3v) is 3.54. The van der Waals surface area contributed by atoms with E-state index in [1.807, 2.05) is 13.0 Å². The van der Waals surface area contributed by atoms with Gasteiger partial charge in [0.05, 0.1) is 4.92 Å². The second-order valence-electron chi connectivity index (χ2n) is 4.83. The van der Waals surface area contributed by atoms with E-state index in [1.165, 1.54) is 0 Å². The van der Waals surface area contributed by atoms with Gasteiger partial charge in [-0.3, -0.25) is 10.1 Å². The SMILES string of the molecule is Cc1ccc([N+](=O)[O-])c(N2CCCCC2CN)c1. The monoisotopic (exact) mass is 249 g/mol. The minimum Gasteiger partial charge on any atom is -0.362 e. The minimum atomic E-state index is -0.309. The molecule has 1 unspecified atom stereocenters. The van der Waals surface area contributed by atoms with Crippen LogP contribution >= 0.6 is 0 Å². The van der Waals surface area contributed by atoms with Gasteiger partial charge in [0.1, 0.15) is 5.69 Å². The summed E-state index contributed by atoms with van der Waals surface area (Å²) in [6.07, 6.45) is 3.24. The molecule has 5 nitrogen and oxygen atoms in total. The Morgan fingerprint density at radius 1 is 1.50 bits per heavy atom. The average molecular weight is 249 g/mol. The van der Waals surface area contributed by atoms with Crippen LogP contribution in [-0.4, -0.2) is 24.1 Å². The molecule has 1 heterocycles. The molecule has 5 heteroatoms. The number of nitro groups is 1. The first-order chi connectivity index (χ1) is 8.63. The highest BCUT2D eigenvalue weighted by Crippen LogP contribution is 2.33. The van der Waals surface area contributed by atoms with Gasteiger partial charge in [-0.05, 0) is 37.8 Å². The molecule has 0 spiro atoms. The second kappa shape index (κ2) is 5.35. The van der Waals surface area contributed by atoms with Gasteiger partial charge in [0.15, 0.2) is 0 Å². The maximum absolute atomic E-state index is 11.1. The molecule has 1 atom stereocenters. The average Bonchev–Trinajstić information content (AvgIpc) is 2.38. The van der Waals surface area contributed by atoms with Gasteiger partial charge >= 0.3 is 0 Å². The lowest BCUT2D eigenvalue weighted by Crippen LogP contribution is -2.44. The molecule has 18 heavy (non-hydrogen) atoms. The zero-order valence-corrected chi connectivity index (χ0v) is 10.6. The van der Waals surface area contributed by atoms with E-state index in [4.69, 9.17) is 5.73 Å². The smallest absolute Gasteiger partial charge is 0.292 e. The van der Waals surface area contributed by atoms with Crippen molar-refractivity contribution in [3.63, 3.8) is 0 Å². The highest BCUT2D eigenvalue weighted by molar-refractivity contribution is 5.65. The Balaban J connectivity index is 2.41. The van der Waals surface area contributed by atoms with Crippen molar-refractivity contribution in [1.82, 2.24) is 0 Å². The minimum absolute atomic E-state index is 0.181. The van der Waals surface area contributed by atoms with Crippen LogP contribution < -0.4 is 10.6 Å². The Bertz CT molecular complexity index is 448. The largest absolute Gasteiger partial charge is 0.362 e. The molecule has 2 rings (SSSR count). The van der Waals surface area contributed by atoms with Crippen LogP contribution in [0.15, 0.2) is 18.2 Å². The number of hydrogen-bond donors (Lipinski definition) is 1. The van der Waals surface area contributed by atoms with E-state index >= 15 is 0 Å². The Morgan fingerprint density at radius 3 is 2.94 bits per heavy atom. The third kappa shape index (κ3) is 2.46. The molecule has 0 radical (unpaired) electrons. The molecule has 2 N–H and O–H groups in total. The molecule has 0 aromatic heterocycles.